The van der Waals surface area contributed by atoms with Crippen LogP contribution in [0.5, 0.6) is 5.75 Å². The second-order valence-electron chi connectivity index (χ2n) is 4.91. The van der Waals surface area contributed by atoms with E-state index < -0.39 is 11.0 Å². The zero-order valence-corrected chi connectivity index (χ0v) is 11.9. The molecule has 112 valence electrons. The third-order valence-electron chi connectivity index (χ3n) is 3.00. The van der Waals surface area contributed by atoms with Crippen molar-refractivity contribution in [3.63, 3.8) is 0 Å². The molecule has 1 heterocycles. The third kappa shape index (κ3) is 4.03. The minimum absolute atomic E-state index is 0.0952. The first-order chi connectivity index (χ1) is 9.95. The van der Waals surface area contributed by atoms with E-state index in [9.17, 15) is 15.2 Å². The molecule has 0 saturated carbocycles. The predicted octanol–water partition coefficient (Wildman–Crippen LogP) is 1.85. The summed E-state index contributed by atoms with van der Waals surface area (Å²) in [6, 6.07) is 5.84. The molecule has 0 amide bonds. The van der Waals surface area contributed by atoms with E-state index in [0.29, 0.717) is 0 Å². The van der Waals surface area contributed by atoms with Crippen LogP contribution in [-0.2, 0) is 6.54 Å². The molecule has 2 aromatic rings. The summed E-state index contributed by atoms with van der Waals surface area (Å²) < 4.78 is 6.91. The van der Waals surface area contributed by atoms with Crippen LogP contribution in [0, 0.1) is 24.0 Å². The third-order valence-corrected chi connectivity index (χ3v) is 3.00. The molecular weight excluding hydrogens is 274 g/mol. The fraction of sp³-hybridized carbons (Fsp3) is 0.357. The Morgan fingerprint density at radius 2 is 2.24 bits per heavy atom. The van der Waals surface area contributed by atoms with Crippen LogP contribution in [0.2, 0.25) is 0 Å². The van der Waals surface area contributed by atoms with Crippen molar-refractivity contribution in [3.8, 4) is 5.75 Å². The first-order valence-corrected chi connectivity index (χ1v) is 6.50. The van der Waals surface area contributed by atoms with E-state index >= 15 is 0 Å². The highest BCUT2D eigenvalue weighted by Gasteiger charge is 2.13. The predicted molar refractivity (Wildman–Crippen MR) is 76.3 cm³/mol. The van der Waals surface area contributed by atoms with Gasteiger partial charge in [-0.3, -0.25) is 14.8 Å². The molecule has 0 saturated heterocycles. The molecule has 1 unspecified atom stereocenters. The molecule has 21 heavy (non-hydrogen) atoms. The summed E-state index contributed by atoms with van der Waals surface area (Å²) in [7, 11) is 0. The number of ether oxygens (including phenoxy) is 1. The lowest BCUT2D eigenvalue weighted by Gasteiger charge is -2.14. The summed E-state index contributed by atoms with van der Waals surface area (Å²) in [4.78, 5) is 10.0. The van der Waals surface area contributed by atoms with Crippen LogP contribution < -0.4 is 4.74 Å². The Morgan fingerprint density at radius 3 is 2.90 bits per heavy atom. The molecule has 0 fully saturated rings. The van der Waals surface area contributed by atoms with Crippen LogP contribution in [0.1, 0.15) is 11.1 Å². The van der Waals surface area contributed by atoms with Crippen molar-refractivity contribution in [2.75, 3.05) is 6.61 Å². The van der Waals surface area contributed by atoms with Crippen LogP contribution in [0.4, 0.5) is 5.69 Å². The normalized spacial score (nSPS) is 12.1. The lowest BCUT2D eigenvalue weighted by molar-refractivity contribution is -0.385. The SMILES string of the molecule is Cc1ccc(C)c(OCC(O)Cn2cc([N+](=O)[O-])cn2)c1. The van der Waals surface area contributed by atoms with Crippen LogP contribution in [0.3, 0.4) is 0 Å². The van der Waals surface area contributed by atoms with E-state index in [1.165, 1.54) is 10.9 Å². The van der Waals surface area contributed by atoms with Crippen LogP contribution in [0.25, 0.3) is 0 Å². The minimum atomic E-state index is -0.801. The monoisotopic (exact) mass is 291 g/mol. The molecule has 1 atom stereocenters. The second kappa shape index (κ2) is 6.36. The van der Waals surface area contributed by atoms with Gasteiger partial charge in [-0.15, -0.1) is 0 Å². The first kappa shape index (κ1) is 15.0. The van der Waals surface area contributed by atoms with Gasteiger partial charge in [0, 0.05) is 0 Å². The highest BCUT2D eigenvalue weighted by molar-refractivity contribution is 5.35. The number of aliphatic hydroxyl groups excluding tert-OH is 1. The molecular formula is C14H17N3O4. The standard InChI is InChI=1S/C14H17N3O4/c1-10-3-4-11(2)14(5-10)21-9-13(18)8-16-7-12(6-15-16)17(19)20/h3-7,13,18H,8-9H2,1-2H3. The van der Waals surface area contributed by atoms with Gasteiger partial charge in [0.15, 0.2) is 0 Å². The van der Waals surface area contributed by atoms with Crippen molar-refractivity contribution in [1.29, 1.82) is 0 Å². The Morgan fingerprint density at radius 1 is 1.48 bits per heavy atom. The molecule has 1 aromatic heterocycles. The molecule has 7 heteroatoms. The highest BCUT2D eigenvalue weighted by atomic mass is 16.6. The van der Waals surface area contributed by atoms with Gasteiger partial charge in [0.25, 0.3) is 0 Å². The van der Waals surface area contributed by atoms with Crippen LogP contribution >= 0.6 is 0 Å². The molecule has 0 radical (unpaired) electrons. The Bertz CT molecular complexity index is 639. The van der Waals surface area contributed by atoms with Gasteiger partial charge in [-0.05, 0) is 31.0 Å². The van der Waals surface area contributed by atoms with E-state index in [4.69, 9.17) is 4.74 Å². The number of rotatable bonds is 6. The summed E-state index contributed by atoms with van der Waals surface area (Å²) in [6.45, 7) is 4.13. The van der Waals surface area contributed by atoms with Gasteiger partial charge in [-0.25, -0.2) is 0 Å². The molecule has 2 rings (SSSR count). The van der Waals surface area contributed by atoms with Crippen molar-refractivity contribution >= 4 is 5.69 Å². The summed E-state index contributed by atoms with van der Waals surface area (Å²) in [5.74, 6) is 0.723. The van der Waals surface area contributed by atoms with Gasteiger partial charge in [0.1, 0.15) is 30.9 Å². The quantitative estimate of drug-likeness (QED) is 0.648. The van der Waals surface area contributed by atoms with Crippen molar-refractivity contribution in [2.45, 2.75) is 26.5 Å². The maximum Gasteiger partial charge on any atom is 0.306 e. The number of hydrogen-bond donors (Lipinski definition) is 1. The number of hydrogen-bond acceptors (Lipinski definition) is 5. The number of aliphatic hydroxyl groups is 1. The average Bonchev–Trinajstić information content (AvgIpc) is 2.88. The fourth-order valence-corrected chi connectivity index (χ4v) is 1.86. The largest absolute Gasteiger partial charge is 0.491 e. The summed E-state index contributed by atoms with van der Waals surface area (Å²) in [5, 5.41) is 24.3. The maximum absolute atomic E-state index is 10.5. The lowest BCUT2D eigenvalue weighted by Crippen LogP contribution is -2.24. The second-order valence-corrected chi connectivity index (χ2v) is 4.91. The molecule has 0 bridgehead atoms. The maximum atomic E-state index is 10.5. The zero-order chi connectivity index (χ0) is 15.4. The molecule has 0 aliphatic carbocycles. The summed E-state index contributed by atoms with van der Waals surface area (Å²) in [6.07, 6.45) is 1.63. The number of aryl methyl sites for hydroxylation is 2. The van der Waals surface area contributed by atoms with E-state index in [0.717, 1.165) is 23.1 Å². The molecule has 1 N–H and O–H groups in total. The minimum Gasteiger partial charge on any atom is -0.491 e. The Balaban J connectivity index is 1.90. The Hall–Kier alpha value is -2.41. The first-order valence-electron chi connectivity index (χ1n) is 6.50. The molecule has 7 nitrogen and oxygen atoms in total. The highest BCUT2D eigenvalue weighted by Crippen LogP contribution is 2.19. The number of aromatic nitrogens is 2. The smallest absolute Gasteiger partial charge is 0.306 e. The molecule has 0 aliphatic rings. The molecule has 0 spiro atoms. The van der Waals surface area contributed by atoms with Gasteiger partial charge in [0.05, 0.1) is 11.5 Å². The van der Waals surface area contributed by atoms with Gasteiger partial charge >= 0.3 is 5.69 Å². The van der Waals surface area contributed by atoms with Crippen molar-refractivity contribution < 1.29 is 14.8 Å². The zero-order valence-electron chi connectivity index (χ0n) is 11.9. The van der Waals surface area contributed by atoms with Gasteiger partial charge in [0.2, 0.25) is 0 Å². The number of benzene rings is 1. The Labute approximate surface area is 121 Å². The van der Waals surface area contributed by atoms with Crippen LogP contribution in [0.15, 0.2) is 30.6 Å². The molecule has 0 aliphatic heterocycles. The van der Waals surface area contributed by atoms with E-state index in [1.807, 2.05) is 32.0 Å². The number of nitrogens with zero attached hydrogens (tertiary/aromatic N) is 3. The fourth-order valence-electron chi connectivity index (χ4n) is 1.86. The average molecular weight is 291 g/mol. The van der Waals surface area contributed by atoms with E-state index in [1.54, 1.807) is 0 Å². The van der Waals surface area contributed by atoms with Gasteiger partial charge in [-0.2, -0.15) is 5.10 Å². The lowest BCUT2D eigenvalue weighted by atomic mass is 10.1. The van der Waals surface area contributed by atoms with Gasteiger partial charge < -0.3 is 9.84 Å². The number of nitro groups is 1. The van der Waals surface area contributed by atoms with E-state index in [-0.39, 0.29) is 18.8 Å². The molecule has 1 aromatic carbocycles. The van der Waals surface area contributed by atoms with Crippen molar-refractivity contribution in [1.82, 2.24) is 9.78 Å². The van der Waals surface area contributed by atoms with Crippen molar-refractivity contribution in [3.05, 3.63) is 51.8 Å². The summed E-state index contributed by atoms with van der Waals surface area (Å²) in [5.41, 5.74) is 1.97. The van der Waals surface area contributed by atoms with E-state index in [2.05, 4.69) is 5.10 Å². The van der Waals surface area contributed by atoms with Crippen LogP contribution in [-0.4, -0.2) is 32.5 Å². The van der Waals surface area contributed by atoms with Gasteiger partial charge in [-0.1, -0.05) is 12.1 Å². The summed E-state index contributed by atoms with van der Waals surface area (Å²) >= 11 is 0. The topological polar surface area (TPSA) is 90.4 Å². The Kier molecular flexibility index (Phi) is 4.54. The van der Waals surface area contributed by atoms with Crippen molar-refractivity contribution in [2.24, 2.45) is 0 Å².